The molecule has 0 aromatic carbocycles. The van der Waals surface area contributed by atoms with Gasteiger partial charge >= 0.3 is 5.97 Å². The van der Waals surface area contributed by atoms with E-state index in [-0.39, 0.29) is 18.9 Å². The van der Waals surface area contributed by atoms with Crippen LogP contribution in [0.25, 0.3) is 0 Å². The number of imidazole rings is 1. The number of hydrogen-bond acceptors (Lipinski definition) is 7. The van der Waals surface area contributed by atoms with Gasteiger partial charge in [0.2, 0.25) is 17.7 Å². The molecule has 0 spiro atoms. The van der Waals surface area contributed by atoms with E-state index in [2.05, 4.69) is 25.9 Å². The number of aromatic amines is 1. The van der Waals surface area contributed by atoms with Crippen LogP contribution in [0.2, 0.25) is 0 Å². The zero-order valence-corrected chi connectivity index (χ0v) is 18.8. The molecule has 1 rings (SSSR count). The number of nitrogens with one attached hydrogen (secondary N) is 4. The lowest BCUT2D eigenvalue weighted by Crippen LogP contribution is -2.57. The van der Waals surface area contributed by atoms with E-state index in [0.717, 1.165) is 0 Å². The highest BCUT2D eigenvalue weighted by Crippen LogP contribution is 2.10. The summed E-state index contributed by atoms with van der Waals surface area (Å²) in [6.45, 7) is 3.28. The molecule has 4 atom stereocenters. The van der Waals surface area contributed by atoms with Crippen LogP contribution >= 0.6 is 11.8 Å². The van der Waals surface area contributed by atoms with E-state index in [1.807, 2.05) is 13.2 Å². The Kier molecular flexibility index (Phi) is 11.6. The molecule has 0 aliphatic rings. The van der Waals surface area contributed by atoms with Crippen molar-refractivity contribution in [2.45, 2.75) is 51.2 Å². The Morgan fingerprint density at radius 1 is 1.19 bits per heavy atom. The van der Waals surface area contributed by atoms with E-state index in [0.29, 0.717) is 24.3 Å². The Morgan fingerprint density at radius 2 is 1.87 bits per heavy atom. The Morgan fingerprint density at radius 3 is 2.39 bits per heavy atom. The minimum Gasteiger partial charge on any atom is -0.480 e. The van der Waals surface area contributed by atoms with Crippen molar-refractivity contribution >= 4 is 35.5 Å². The number of nitrogens with two attached hydrogens (primary N) is 1. The topological polar surface area (TPSA) is 179 Å². The van der Waals surface area contributed by atoms with Crippen molar-refractivity contribution in [2.75, 3.05) is 18.6 Å². The molecule has 0 saturated carbocycles. The third-order valence-electron chi connectivity index (χ3n) is 4.84. The molecule has 1 aromatic heterocycles. The summed E-state index contributed by atoms with van der Waals surface area (Å²) in [7, 11) is 0. The van der Waals surface area contributed by atoms with E-state index in [1.54, 1.807) is 6.92 Å². The maximum atomic E-state index is 12.9. The highest BCUT2D eigenvalue weighted by Gasteiger charge is 2.31. The van der Waals surface area contributed by atoms with Gasteiger partial charge in [-0.3, -0.25) is 14.4 Å². The van der Waals surface area contributed by atoms with Gasteiger partial charge in [-0.25, -0.2) is 9.78 Å². The first-order valence-corrected chi connectivity index (χ1v) is 11.4. The summed E-state index contributed by atoms with van der Waals surface area (Å²) < 4.78 is 0. The van der Waals surface area contributed by atoms with Crippen LogP contribution in [0.3, 0.4) is 0 Å². The molecule has 0 bridgehead atoms. The molecular weight excluding hydrogens is 424 g/mol. The van der Waals surface area contributed by atoms with Gasteiger partial charge in [-0.1, -0.05) is 20.3 Å². The van der Waals surface area contributed by atoms with Gasteiger partial charge in [0.05, 0.1) is 12.9 Å². The van der Waals surface area contributed by atoms with Crippen LogP contribution in [0.1, 0.15) is 32.4 Å². The molecule has 0 saturated heterocycles. The average molecular weight is 457 g/mol. The Hall–Kier alpha value is -2.60. The lowest BCUT2D eigenvalue weighted by Gasteiger charge is -2.26. The van der Waals surface area contributed by atoms with Crippen molar-refractivity contribution in [2.24, 2.45) is 11.7 Å². The van der Waals surface area contributed by atoms with Crippen LogP contribution in [0.5, 0.6) is 0 Å². The van der Waals surface area contributed by atoms with Crippen molar-refractivity contribution in [3.63, 3.8) is 0 Å². The number of hydrogen-bond donors (Lipinski definition) is 6. The molecule has 174 valence electrons. The molecule has 1 heterocycles. The molecule has 0 radical (unpaired) electrons. The minimum atomic E-state index is -1.15. The van der Waals surface area contributed by atoms with E-state index in [9.17, 15) is 24.3 Å². The van der Waals surface area contributed by atoms with Gasteiger partial charge in [0.15, 0.2) is 0 Å². The van der Waals surface area contributed by atoms with E-state index in [1.165, 1.54) is 24.3 Å². The lowest BCUT2D eigenvalue weighted by molar-refractivity contribution is -0.143. The molecule has 31 heavy (non-hydrogen) atoms. The van der Waals surface area contributed by atoms with E-state index >= 15 is 0 Å². The SMILES string of the molecule is CCC(C)C(NC(=O)C(Cc1cnc[nH]1)NC(=O)C(CCSC)NC(=O)CN)C(=O)O. The summed E-state index contributed by atoms with van der Waals surface area (Å²) >= 11 is 1.51. The molecule has 1 aromatic rings. The summed E-state index contributed by atoms with van der Waals surface area (Å²) in [6, 6.07) is -3.03. The molecule has 7 N–H and O–H groups in total. The van der Waals surface area contributed by atoms with Gasteiger partial charge in [-0.05, 0) is 24.3 Å². The van der Waals surface area contributed by atoms with Gasteiger partial charge in [0.25, 0.3) is 0 Å². The lowest BCUT2D eigenvalue weighted by atomic mass is 9.98. The Bertz CT molecular complexity index is 729. The van der Waals surface area contributed by atoms with Gasteiger partial charge < -0.3 is 31.8 Å². The second-order valence-electron chi connectivity index (χ2n) is 7.16. The fourth-order valence-electron chi connectivity index (χ4n) is 2.79. The fraction of sp³-hybridized carbons (Fsp3) is 0.632. The maximum absolute atomic E-state index is 12.9. The average Bonchev–Trinajstić information content (AvgIpc) is 3.26. The third kappa shape index (κ3) is 8.97. The van der Waals surface area contributed by atoms with Gasteiger partial charge in [0, 0.05) is 18.3 Å². The molecular formula is C19H32N6O5S. The zero-order chi connectivity index (χ0) is 23.4. The van der Waals surface area contributed by atoms with Crippen LogP contribution in [0, 0.1) is 5.92 Å². The summed E-state index contributed by atoms with van der Waals surface area (Å²) in [5.41, 5.74) is 5.92. The van der Waals surface area contributed by atoms with Crippen molar-refractivity contribution in [3.8, 4) is 0 Å². The number of rotatable bonds is 14. The number of H-pyrrole nitrogens is 1. The second kappa shape index (κ2) is 13.7. The molecule has 3 amide bonds. The standard InChI is InChI=1S/C19H32N6O5S/c1-4-11(2)16(19(29)30)25-18(28)14(7-12-9-21-10-22-12)24-17(27)13(5-6-31-3)23-15(26)8-20/h9-11,13-14,16H,4-8,20H2,1-3H3,(H,21,22)(H,23,26)(H,24,27)(H,25,28)(H,29,30). The number of aromatic nitrogens is 2. The first-order chi connectivity index (χ1) is 14.7. The Balaban J connectivity index is 3.02. The van der Waals surface area contributed by atoms with Crippen molar-refractivity contribution in [3.05, 3.63) is 18.2 Å². The Labute approximate surface area is 185 Å². The van der Waals surface area contributed by atoms with E-state index in [4.69, 9.17) is 5.73 Å². The van der Waals surface area contributed by atoms with Crippen LogP contribution in [0.4, 0.5) is 0 Å². The van der Waals surface area contributed by atoms with Crippen molar-refractivity contribution < 1.29 is 24.3 Å². The molecule has 0 fully saturated rings. The number of carboxylic acid groups (broad SMARTS) is 1. The highest BCUT2D eigenvalue weighted by molar-refractivity contribution is 7.98. The number of amides is 3. The van der Waals surface area contributed by atoms with Gasteiger partial charge in [0.1, 0.15) is 18.1 Å². The van der Waals surface area contributed by atoms with Crippen molar-refractivity contribution in [1.29, 1.82) is 0 Å². The summed E-state index contributed by atoms with van der Waals surface area (Å²) in [6.07, 6.45) is 5.80. The van der Waals surface area contributed by atoms with Crippen LogP contribution in [-0.2, 0) is 25.6 Å². The number of carbonyl (C=O) groups is 4. The molecule has 12 heteroatoms. The largest absolute Gasteiger partial charge is 0.480 e. The maximum Gasteiger partial charge on any atom is 0.326 e. The number of carbonyl (C=O) groups excluding carboxylic acids is 3. The third-order valence-corrected chi connectivity index (χ3v) is 5.48. The quantitative estimate of drug-likeness (QED) is 0.211. The monoisotopic (exact) mass is 456 g/mol. The normalized spacial score (nSPS) is 14.7. The minimum absolute atomic E-state index is 0.0739. The predicted octanol–water partition coefficient (Wildman–Crippen LogP) is -0.751. The number of carboxylic acids is 1. The fourth-order valence-corrected chi connectivity index (χ4v) is 3.26. The van der Waals surface area contributed by atoms with Crippen LogP contribution in [-0.4, -0.2) is 75.4 Å². The predicted molar refractivity (Wildman–Crippen MR) is 117 cm³/mol. The van der Waals surface area contributed by atoms with E-state index < -0.39 is 41.8 Å². The number of aliphatic carboxylic acids is 1. The molecule has 11 nitrogen and oxygen atoms in total. The van der Waals surface area contributed by atoms with Gasteiger partial charge in [-0.2, -0.15) is 11.8 Å². The van der Waals surface area contributed by atoms with Crippen LogP contribution < -0.4 is 21.7 Å². The molecule has 0 aliphatic carbocycles. The molecule has 0 aliphatic heterocycles. The number of nitrogens with zero attached hydrogens (tertiary/aromatic N) is 1. The summed E-state index contributed by atoms with van der Waals surface area (Å²) in [5.74, 6) is -2.52. The zero-order valence-electron chi connectivity index (χ0n) is 18.0. The first-order valence-electron chi connectivity index (χ1n) is 10.0. The van der Waals surface area contributed by atoms with Crippen molar-refractivity contribution in [1.82, 2.24) is 25.9 Å². The second-order valence-corrected chi connectivity index (χ2v) is 8.14. The summed E-state index contributed by atoms with van der Waals surface area (Å²) in [5, 5.41) is 17.2. The number of thioether (sulfide) groups is 1. The highest BCUT2D eigenvalue weighted by atomic mass is 32.2. The smallest absolute Gasteiger partial charge is 0.326 e. The summed E-state index contributed by atoms with van der Waals surface area (Å²) in [4.78, 5) is 55.9. The van der Waals surface area contributed by atoms with Crippen LogP contribution in [0.15, 0.2) is 12.5 Å². The first kappa shape index (κ1) is 26.4. The molecule has 4 unspecified atom stereocenters. The van der Waals surface area contributed by atoms with Gasteiger partial charge in [-0.15, -0.1) is 0 Å².